The van der Waals surface area contributed by atoms with Gasteiger partial charge >= 0.3 is 5.97 Å². The van der Waals surface area contributed by atoms with Gasteiger partial charge in [0.15, 0.2) is 9.84 Å². The average molecular weight is 518 g/mol. The Balaban J connectivity index is 1.65. The maximum Gasteiger partial charge on any atom is 0.338 e. The van der Waals surface area contributed by atoms with E-state index in [2.05, 4.69) is 0 Å². The molecule has 0 aliphatic carbocycles. The molecular formula is C25H21Cl2NO5S. The van der Waals surface area contributed by atoms with Crippen LogP contribution in [0.1, 0.15) is 32.7 Å². The molecule has 6 nitrogen and oxygen atoms in total. The number of carbonyl (C=O) groups excluding carboxylic acids is 2. The van der Waals surface area contributed by atoms with Gasteiger partial charge in [-0.2, -0.15) is 0 Å². The van der Waals surface area contributed by atoms with E-state index in [1.54, 1.807) is 72.8 Å². The minimum Gasteiger partial charge on any atom is -0.457 e. The Morgan fingerprint density at radius 1 is 0.882 bits per heavy atom. The van der Waals surface area contributed by atoms with Gasteiger partial charge in [0.2, 0.25) is 0 Å². The van der Waals surface area contributed by atoms with Gasteiger partial charge in [-0.1, -0.05) is 41.4 Å². The predicted molar refractivity (Wildman–Crippen MR) is 132 cm³/mol. The summed E-state index contributed by atoms with van der Waals surface area (Å²) in [5.74, 6) is -1.01. The second-order valence-electron chi connectivity index (χ2n) is 7.95. The standard InChI is InChI=1S/C25H21Cl2NO5S/c26-20-9-5-17(6-10-20)24(29)28(22-13-14-34(31,32)16-22)23-4-2-1-3-19(23)15-33-25(30)18-7-11-21(27)12-8-18/h1-12,22H,13-16H2. The van der Waals surface area contributed by atoms with Gasteiger partial charge in [0.05, 0.1) is 28.8 Å². The summed E-state index contributed by atoms with van der Waals surface area (Å²) >= 11 is 11.8. The van der Waals surface area contributed by atoms with E-state index in [-0.39, 0.29) is 24.0 Å². The summed E-state index contributed by atoms with van der Waals surface area (Å²) in [6, 6.07) is 19.2. The van der Waals surface area contributed by atoms with E-state index in [1.165, 1.54) is 4.90 Å². The first-order chi connectivity index (χ1) is 16.2. The number of rotatable bonds is 6. The Bertz CT molecular complexity index is 1310. The van der Waals surface area contributed by atoms with Gasteiger partial charge < -0.3 is 9.64 Å². The number of para-hydroxylation sites is 1. The maximum absolute atomic E-state index is 13.6. The number of ether oxygens (including phenoxy) is 1. The highest BCUT2D eigenvalue weighted by molar-refractivity contribution is 7.91. The van der Waals surface area contributed by atoms with Crippen molar-refractivity contribution in [3.05, 3.63) is 99.5 Å². The number of halogens is 2. The third kappa shape index (κ3) is 5.60. The van der Waals surface area contributed by atoms with E-state index in [9.17, 15) is 18.0 Å². The fourth-order valence-corrected chi connectivity index (χ4v) is 5.81. The number of hydrogen-bond acceptors (Lipinski definition) is 5. The van der Waals surface area contributed by atoms with Crippen LogP contribution in [-0.2, 0) is 21.2 Å². The highest BCUT2D eigenvalue weighted by Crippen LogP contribution is 2.30. The summed E-state index contributed by atoms with van der Waals surface area (Å²) in [5.41, 5.74) is 1.80. The van der Waals surface area contributed by atoms with E-state index in [0.717, 1.165) is 0 Å². The van der Waals surface area contributed by atoms with Crippen LogP contribution in [0.2, 0.25) is 10.0 Å². The molecule has 1 aliphatic rings. The zero-order valence-corrected chi connectivity index (χ0v) is 20.3. The predicted octanol–water partition coefficient (Wildman–Crippen LogP) is 5.18. The van der Waals surface area contributed by atoms with Crippen LogP contribution in [0.4, 0.5) is 5.69 Å². The van der Waals surface area contributed by atoms with Gasteiger partial charge in [0.1, 0.15) is 6.61 Å². The normalized spacial score (nSPS) is 16.7. The third-order valence-electron chi connectivity index (χ3n) is 5.57. The molecule has 0 bridgehead atoms. The van der Waals surface area contributed by atoms with E-state index in [0.29, 0.717) is 38.8 Å². The van der Waals surface area contributed by atoms with Crippen LogP contribution in [0.15, 0.2) is 72.8 Å². The Morgan fingerprint density at radius 2 is 1.47 bits per heavy atom. The lowest BCUT2D eigenvalue weighted by Gasteiger charge is -2.30. The molecule has 0 N–H and O–H groups in total. The van der Waals surface area contributed by atoms with E-state index < -0.39 is 21.8 Å². The summed E-state index contributed by atoms with van der Waals surface area (Å²) in [4.78, 5) is 27.6. The first-order valence-corrected chi connectivity index (χ1v) is 13.1. The molecule has 4 rings (SSSR count). The topological polar surface area (TPSA) is 80.8 Å². The number of benzene rings is 3. The van der Waals surface area contributed by atoms with E-state index in [1.807, 2.05) is 0 Å². The van der Waals surface area contributed by atoms with Crippen LogP contribution in [-0.4, -0.2) is 37.8 Å². The van der Waals surface area contributed by atoms with E-state index in [4.69, 9.17) is 27.9 Å². The molecule has 34 heavy (non-hydrogen) atoms. The summed E-state index contributed by atoms with van der Waals surface area (Å²) < 4.78 is 29.9. The summed E-state index contributed by atoms with van der Waals surface area (Å²) in [6.07, 6.45) is 0.320. The van der Waals surface area contributed by atoms with Crippen molar-refractivity contribution >= 4 is 50.6 Å². The Kier molecular flexibility index (Phi) is 7.26. The van der Waals surface area contributed by atoms with Gasteiger partial charge in [-0.15, -0.1) is 0 Å². The Labute approximate surface area is 208 Å². The van der Waals surface area contributed by atoms with Crippen LogP contribution >= 0.6 is 23.2 Å². The van der Waals surface area contributed by atoms with Gasteiger partial charge in [0, 0.05) is 21.2 Å². The first kappa shape index (κ1) is 24.3. The summed E-state index contributed by atoms with van der Waals surface area (Å²) in [7, 11) is -3.26. The minimum atomic E-state index is -3.26. The number of hydrogen-bond donors (Lipinski definition) is 0. The molecule has 3 aromatic carbocycles. The second-order valence-corrected chi connectivity index (χ2v) is 11.1. The van der Waals surface area contributed by atoms with Crippen molar-refractivity contribution in [2.75, 3.05) is 16.4 Å². The molecule has 1 unspecified atom stereocenters. The highest BCUT2D eigenvalue weighted by Gasteiger charge is 2.36. The highest BCUT2D eigenvalue weighted by atomic mass is 35.5. The fraction of sp³-hybridized carbons (Fsp3) is 0.200. The molecule has 0 saturated carbocycles. The number of carbonyl (C=O) groups is 2. The van der Waals surface area contributed by atoms with Crippen molar-refractivity contribution in [2.24, 2.45) is 0 Å². The third-order valence-corrected chi connectivity index (χ3v) is 7.83. The molecule has 1 atom stereocenters. The molecule has 1 amide bonds. The van der Waals surface area contributed by atoms with Crippen LogP contribution in [0.5, 0.6) is 0 Å². The number of esters is 1. The van der Waals surface area contributed by atoms with Crippen molar-refractivity contribution < 1.29 is 22.7 Å². The fourth-order valence-electron chi connectivity index (χ4n) is 3.86. The number of anilines is 1. The maximum atomic E-state index is 13.6. The lowest BCUT2D eigenvalue weighted by atomic mass is 10.1. The molecule has 3 aromatic rings. The molecule has 0 aromatic heterocycles. The van der Waals surface area contributed by atoms with Gasteiger partial charge in [0.25, 0.3) is 5.91 Å². The van der Waals surface area contributed by atoms with Gasteiger partial charge in [-0.3, -0.25) is 4.79 Å². The van der Waals surface area contributed by atoms with Crippen molar-refractivity contribution in [3.8, 4) is 0 Å². The smallest absolute Gasteiger partial charge is 0.338 e. The molecule has 1 aliphatic heterocycles. The molecule has 1 saturated heterocycles. The van der Waals surface area contributed by atoms with Crippen molar-refractivity contribution in [3.63, 3.8) is 0 Å². The molecular weight excluding hydrogens is 497 g/mol. The minimum absolute atomic E-state index is 0.00971. The monoisotopic (exact) mass is 517 g/mol. The SMILES string of the molecule is O=C(OCc1ccccc1N(C(=O)c1ccc(Cl)cc1)C1CCS(=O)(=O)C1)c1ccc(Cl)cc1. The number of nitrogens with zero attached hydrogens (tertiary/aromatic N) is 1. The van der Waals surface area contributed by atoms with Crippen LogP contribution in [0.25, 0.3) is 0 Å². The largest absolute Gasteiger partial charge is 0.457 e. The molecule has 176 valence electrons. The van der Waals surface area contributed by atoms with Crippen molar-refractivity contribution in [1.29, 1.82) is 0 Å². The lowest BCUT2D eigenvalue weighted by molar-refractivity contribution is 0.0473. The van der Waals surface area contributed by atoms with Crippen LogP contribution in [0, 0.1) is 0 Å². The number of amides is 1. The van der Waals surface area contributed by atoms with Crippen LogP contribution < -0.4 is 4.90 Å². The molecule has 9 heteroatoms. The number of sulfone groups is 1. The zero-order valence-electron chi connectivity index (χ0n) is 18.0. The van der Waals surface area contributed by atoms with Gasteiger partial charge in [-0.25, -0.2) is 13.2 Å². The average Bonchev–Trinajstić information content (AvgIpc) is 3.18. The molecule has 0 radical (unpaired) electrons. The molecule has 1 heterocycles. The zero-order chi connectivity index (χ0) is 24.3. The summed E-state index contributed by atoms with van der Waals surface area (Å²) in [5, 5.41) is 0.992. The quantitative estimate of drug-likeness (QED) is 0.420. The van der Waals surface area contributed by atoms with Crippen molar-refractivity contribution in [1.82, 2.24) is 0 Å². The Hall–Kier alpha value is -2.87. The summed E-state index contributed by atoms with van der Waals surface area (Å²) in [6.45, 7) is -0.0957. The van der Waals surface area contributed by atoms with Crippen LogP contribution in [0.3, 0.4) is 0 Å². The van der Waals surface area contributed by atoms with Gasteiger partial charge in [-0.05, 0) is 61.0 Å². The van der Waals surface area contributed by atoms with E-state index >= 15 is 0 Å². The lowest BCUT2D eigenvalue weighted by Crippen LogP contribution is -2.42. The second kappa shape index (κ2) is 10.2. The first-order valence-electron chi connectivity index (χ1n) is 10.5. The Morgan fingerprint density at radius 3 is 2.06 bits per heavy atom. The molecule has 1 fully saturated rings. The molecule has 0 spiro atoms. The van der Waals surface area contributed by atoms with Crippen molar-refractivity contribution in [2.45, 2.75) is 19.1 Å².